The van der Waals surface area contributed by atoms with Gasteiger partial charge in [-0.25, -0.2) is 0 Å². The number of rotatable bonds is 38. The van der Waals surface area contributed by atoms with Crippen LogP contribution in [0.5, 0.6) is 0 Å². The van der Waals surface area contributed by atoms with Gasteiger partial charge >= 0.3 is 0 Å². The van der Waals surface area contributed by atoms with E-state index in [1.54, 1.807) is 0 Å². The molecule has 0 saturated carbocycles. The van der Waals surface area contributed by atoms with Gasteiger partial charge in [0.05, 0.1) is 5.69 Å². The van der Waals surface area contributed by atoms with E-state index in [0.29, 0.717) is 6.61 Å². The minimum Gasteiger partial charge on any atom is -0.371 e. The maximum Gasteiger partial charge on any atom is 0.102 e. The Kier molecular flexibility index (Phi) is 30.8. The molecule has 0 saturated heterocycles. The summed E-state index contributed by atoms with van der Waals surface area (Å²) in [5.41, 5.74) is 3.87. The predicted octanol–water partition coefficient (Wildman–Crippen LogP) is 16.2. The number of hydrogen-bond acceptors (Lipinski definition) is 3. The third-order valence-corrected chi connectivity index (χ3v) is 11.0. The fraction of sp³-hybridized carbons (Fsp3) is 0.755. The molecule has 298 valence electrons. The Morgan fingerprint density at radius 3 is 1.13 bits per heavy atom. The quantitative estimate of drug-likeness (QED) is 0.0508. The normalized spacial score (nSPS) is 11.4. The van der Waals surface area contributed by atoms with Crippen molar-refractivity contribution in [2.24, 2.45) is 0 Å². The van der Waals surface area contributed by atoms with Crippen LogP contribution in [0.2, 0.25) is 0 Å². The SMILES string of the molecule is CCCCCCCCCCCCCCCCCCCCN(OCc1ccccc1N(CCCCCCCC)CCCCCCCC)c1ccccc1. The summed E-state index contributed by atoms with van der Waals surface area (Å²) in [6.45, 7) is 10.8. The molecule has 0 heterocycles. The molecule has 0 radical (unpaired) electrons. The maximum absolute atomic E-state index is 6.68. The van der Waals surface area contributed by atoms with Crippen LogP contribution in [0.1, 0.15) is 219 Å². The van der Waals surface area contributed by atoms with Crippen molar-refractivity contribution in [3.05, 3.63) is 60.2 Å². The van der Waals surface area contributed by atoms with Crippen LogP contribution < -0.4 is 9.96 Å². The fourth-order valence-electron chi connectivity index (χ4n) is 7.63. The van der Waals surface area contributed by atoms with Gasteiger partial charge in [-0.15, -0.1) is 0 Å². The summed E-state index contributed by atoms with van der Waals surface area (Å²) in [7, 11) is 0. The molecule has 2 rings (SSSR count). The summed E-state index contributed by atoms with van der Waals surface area (Å²) in [4.78, 5) is 9.37. The Morgan fingerprint density at radius 1 is 0.365 bits per heavy atom. The van der Waals surface area contributed by atoms with E-state index in [4.69, 9.17) is 4.84 Å². The van der Waals surface area contributed by atoms with E-state index in [1.165, 1.54) is 210 Å². The zero-order chi connectivity index (χ0) is 37.0. The monoisotopic (exact) mass is 719 g/mol. The van der Waals surface area contributed by atoms with E-state index in [2.05, 4.69) is 85.3 Å². The fourth-order valence-corrected chi connectivity index (χ4v) is 7.63. The molecule has 0 aliphatic carbocycles. The number of benzene rings is 2. The zero-order valence-corrected chi connectivity index (χ0v) is 35.0. The van der Waals surface area contributed by atoms with Crippen molar-refractivity contribution in [1.29, 1.82) is 0 Å². The largest absolute Gasteiger partial charge is 0.371 e. The van der Waals surface area contributed by atoms with Gasteiger partial charge in [-0.3, -0.25) is 9.90 Å². The molecule has 0 aliphatic rings. The highest BCUT2D eigenvalue weighted by Crippen LogP contribution is 2.25. The average molecular weight is 719 g/mol. The second kappa shape index (κ2) is 34.7. The smallest absolute Gasteiger partial charge is 0.102 e. The van der Waals surface area contributed by atoms with Crippen molar-refractivity contribution in [2.75, 3.05) is 29.6 Å². The van der Waals surface area contributed by atoms with Gasteiger partial charge < -0.3 is 4.90 Å². The second-order valence-corrected chi connectivity index (χ2v) is 15.9. The van der Waals surface area contributed by atoms with Crippen LogP contribution in [0.25, 0.3) is 0 Å². The average Bonchev–Trinajstić information content (AvgIpc) is 3.18. The molecule has 3 heteroatoms. The first-order chi connectivity index (χ1) is 25.8. The van der Waals surface area contributed by atoms with Crippen molar-refractivity contribution < 1.29 is 4.84 Å². The Morgan fingerprint density at radius 2 is 0.712 bits per heavy atom. The number of para-hydroxylation sites is 2. The van der Waals surface area contributed by atoms with Gasteiger partial charge in [0.25, 0.3) is 0 Å². The molecular formula is C49H86N2O. The lowest BCUT2D eigenvalue weighted by atomic mass is 10.0. The van der Waals surface area contributed by atoms with Crippen molar-refractivity contribution in [2.45, 2.75) is 220 Å². The van der Waals surface area contributed by atoms with Crippen LogP contribution in [-0.2, 0) is 11.4 Å². The summed E-state index contributed by atoms with van der Waals surface area (Å²) in [6, 6.07) is 19.8. The van der Waals surface area contributed by atoms with E-state index in [1.807, 2.05) is 0 Å². The molecule has 0 aliphatic heterocycles. The molecular weight excluding hydrogens is 633 g/mol. The summed E-state index contributed by atoms with van der Waals surface area (Å²) in [5.74, 6) is 0. The highest BCUT2D eigenvalue weighted by atomic mass is 16.7. The molecule has 52 heavy (non-hydrogen) atoms. The number of nitrogens with zero attached hydrogens (tertiary/aromatic N) is 2. The van der Waals surface area contributed by atoms with E-state index in [0.717, 1.165) is 19.6 Å². The van der Waals surface area contributed by atoms with Gasteiger partial charge in [0.15, 0.2) is 0 Å². The molecule has 0 bridgehead atoms. The van der Waals surface area contributed by atoms with E-state index < -0.39 is 0 Å². The van der Waals surface area contributed by atoms with Gasteiger partial charge in [-0.1, -0.05) is 231 Å². The molecule has 0 aromatic heterocycles. The number of hydroxylamine groups is 1. The summed E-state index contributed by atoms with van der Waals surface area (Å²) in [5, 5.41) is 2.18. The summed E-state index contributed by atoms with van der Waals surface area (Å²) >= 11 is 0. The first-order valence-electron chi connectivity index (χ1n) is 23.1. The van der Waals surface area contributed by atoms with E-state index in [-0.39, 0.29) is 0 Å². The molecule has 0 atom stereocenters. The van der Waals surface area contributed by atoms with Gasteiger partial charge in [0.1, 0.15) is 6.61 Å². The van der Waals surface area contributed by atoms with Gasteiger partial charge in [-0.05, 0) is 37.5 Å². The highest BCUT2D eigenvalue weighted by Gasteiger charge is 2.14. The lowest BCUT2D eigenvalue weighted by Gasteiger charge is -2.29. The summed E-state index contributed by atoms with van der Waals surface area (Å²) in [6.07, 6.45) is 41.5. The lowest BCUT2D eigenvalue weighted by Crippen LogP contribution is -2.28. The highest BCUT2D eigenvalue weighted by molar-refractivity contribution is 5.53. The Labute approximate surface area is 325 Å². The molecule has 0 N–H and O–H groups in total. The second-order valence-electron chi connectivity index (χ2n) is 15.9. The van der Waals surface area contributed by atoms with E-state index >= 15 is 0 Å². The third-order valence-electron chi connectivity index (χ3n) is 11.0. The van der Waals surface area contributed by atoms with Crippen LogP contribution in [0.15, 0.2) is 54.6 Å². The minimum atomic E-state index is 0.619. The van der Waals surface area contributed by atoms with E-state index in [9.17, 15) is 0 Å². The van der Waals surface area contributed by atoms with Crippen molar-refractivity contribution in [3.63, 3.8) is 0 Å². The van der Waals surface area contributed by atoms with Crippen LogP contribution in [0, 0.1) is 0 Å². The number of hydrogen-bond donors (Lipinski definition) is 0. The molecule has 0 fully saturated rings. The lowest BCUT2D eigenvalue weighted by molar-refractivity contribution is 0.0935. The van der Waals surface area contributed by atoms with Crippen LogP contribution >= 0.6 is 0 Å². The molecule has 0 spiro atoms. The van der Waals surface area contributed by atoms with Crippen molar-refractivity contribution >= 4 is 11.4 Å². The molecule has 2 aromatic carbocycles. The molecule has 0 amide bonds. The molecule has 2 aromatic rings. The first kappa shape index (κ1) is 46.2. The Hall–Kier alpha value is -2.00. The van der Waals surface area contributed by atoms with Crippen LogP contribution in [0.4, 0.5) is 11.4 Å². The predicted molar refractivity (Wildman–Crippen MR) is 233 cm³/mol. The first-order valence-corrected chi connectivity index (χ1v) is 23.1. The summed E-state index contributed by atoms with van der Waals surface area (Å²) < 4.78 is 0. The minimum absolute atomic E-state index is 0.619. The number of anilines is 2. The number of unbranched alkanes of at least 4 members (excludes halogenated alkanes) is 27. The van der Waals surface area contributed by atoms with Gasteiger partial charge in [0, 0.05) is 30.9 Å². The Bertz CT molecular complexity index is 993. The van der Waals surface area contributed by atoms with Crippen LogP contribution in [0.3, 0.4) is 0 Å². The topological polar surface area (TPSA) is 15.7 Å². The van der Waals surface area contributed by atoms with Crippen molar-refractivity contribution in [3.8, 4) is 0 Å². The zero-order valence-electron chi connectivity index (χ0n) is 35.0. The van der Waals surface area contributed by atoms with Gasteiger partial charge in [-0.2, -0.15) is 0 Å². The van der Waals surface area contributed by atoms with Crippen molar-refractivity contribution in [1.82, 2.24) is 0 Å². The molecule has 3 nitrogen and oxygen atoms in total. The third kappa shape index (κ3) is 24.3. The maximum atomic E-state index is 6.68. The standard InChI is InChI=1S/C49H86N2O/c1-4-7-10-13-16-17-18-19-20-21-22-23-24-25-26-27-30-38-45-51(48-40-32-31-33-41-48)52-46-47-39-34-35-42-49(47)50(43-36-28-14-11-8-5-2)44-37-29-15-12-9-6-3/h31-35,39-42H,4-30,36-38,43-46H2,1-3H3. The Balaban J connectivity index is 1.75. The molecule has 0 unspecified atom stereocenters. The van der Waals surface area contributed by atoms with Gasteiger partial charge in [0.2, 0.25) is 0 Å². The van der Waals surface area contributed by atoms with Crippen LogP contribution in [-0.4, -0.2) is 19.6 Å².